The molecule has 1 aliphatic rings. The first-order chi connectivity index (χ1) is 21.7. The first-order valence-corrected chi connectivity index (χ1v) is 14.9. The molecule has 0 N–H and O–H groups in total. The maximum atomic E-state index is 6.74. The van der Waals surface area contributed by atoms with Crippen molar-refractivity contribution in [3.63, 3.8) is 0 Å². The van der Waals surface area contributed by atoms with Crippen LogP contribution in [0.2, 0.25) is 0 Å². The van der Waals surface area contributed by atoms with Crippen LogP contribution in [0.1, 0.15) is 16.7 Å². The minimum absolute atomic E-state index is 0.290. The minimum atomic E-state index is -0.585. The fraction of sp³-hybridized carbons (Fsp3) is 0.351. The Morgan fingerprint density at radius 1 is 0.455 bits per heavy atom. The van der Waals surface area contributed by atoms with Crippen molar-refractivity contribution in [1.29, 1.82) is 0 Å². The Bertz CT molecular complexity index is 1180. The van der Waals surface area contributed by atoms with Crippen LogP contribution in [0.4, 0.5) is 0 Å². The first kappa shape index (κ1) is 33.3. The zero-order valence-corrected chi connectivity index (χ0v) is 25.5. The summed E-state index contributed by atoms with van der Waals surface area (Å²) < 4.78 is 44.7. The highest BCUT2D eigenvalue weighted by molar-refractivity contribution is 5.26. The molecule has 0 heterocycles. The first-order valence-electron chi connectivity index (χ1n) is 14.9. The van der Waals surface area contributed by atoms with E-state index in [4.69, 9.17) is 33.2 Å². The van der Waals surface area contributed by atoms with E-state index in [2.05, 4.69) is 19.7 Å². The van der Waals surface area contributed by atoms with Gasteiger partial charge in [-0.25, -0.2) is 0 Å². The SMILES string of the molecule is C=CCOC1[C@@H](OCC=C)[C@@H](OCc2ccccc2)C(OCc2ccc(OC)cc2)[C@H](OCc2ccccc2)[C@H]1OCC=C. The van der Waals surface area contributed by atoms with Crippen molar-refractivity contribution in [2.45, 2.75) is 56.4 Å². The van der Waals surface area contributed by atoms with E-state index in [1.807, 2.05) is 84.9 Å². The fourth-order valence-corrected chi connectivity index (χ4v) is 5.24. The van der Waals surface area contributed by atoms with E-state index in [0.29, 0.717) is 39.6 Å². The predicted octanol–water partition coefficient (Wildman–Crippen LogP) is 6.48. The number of hydrogen-bond acceptors (Lipinski definition) is 7. The molecule has 7 nitrogen and oxygen atoms in total. The molecule has 234 valence electrons. The quantitative estimate of drug-likeness (QED) is 0.146. The predicted molar refractivity (Wildman–Crippen MR) is 171 cm³/mol. The van der Waals surface area contributed by atoms with Crippen molar-refractivity contribution >= 4 is 0 Å². The van der Waals surface area contributed by atoms with Gasteiger partial charge in [-0.3, -0.25) is 0 Å². The van der Waals surface area contributed by atoms with Crippen molar-refractivity contribution < 1.29 is 33.2 Å². The third-order valence-corrected chi connectivity index (χ3v) is 7.33. The van der Waals surface area contributed by atoms with E-state index in [0.717, 1.165) is 22.4 Å². The maximum absolute atomic E-state index is 6.74. The van der Waals surface area contributed by atoms with Crippen LogP contribution < -0.4 is 4.74 Å². The lowest BCUT2D eigenvalue weighted by atomic mass is 9.83. The average Bonchev–Trinajstić information content (AvgIpc) is 3.07. The zero-order valence-electron chi connectivity index (χ0n) is 25.5. The molecule has 0 aromatic heterocycles. The Morgan fingerprint density at radius 2 is 0.773 bits per heavy atom. The summed E-state index contributed by atoms with van der Waals surface area (Å²) in [6, 6.07) is 27.8. The topological polar surface area (TPSA) is 64.6 Å². The molecule has 6 atom stereocenters. The lowest BCUT2D eigenvalue weighted by Crippen LogP contribution is -2.67. The maximum Gasteiger partial charge on any atom is 0.118 e. The van der Waals surface area contributed by atoms with Crippen LogP contribution in [0.3, 0.4) is 0 Å². The molecule has 7 heteroatoms. The molecule has 44 heavy (non-hydrogen) atoms. The summed E-state index contributed by atoms with van der Waals surface area (Å²) in [7, 11) is 1.65. The Kier molecular flexibility index (Phi) is 13.9. The van der Waals surface area contributed by atoms with Gasteiger partial charge in [-0.05, 0) is 28.8 Å². The lowest BCUT2D eigenvalue weighted by molar-refractivity contribution is -0.283. The summed E-state index contributed by atoms with van der Waals surface area (Å²) in [5, 5.41) is 0. The number of rotatable bonds is 19. The molecule has 0 aliphatic heterocycles. The van der Waals surface area contributed by atoms with Gasteiger partial charge in [0.2, 0.25) is 0 Å². The van der Waals surface area contributed by atoms with E-state index < -0.39 is 36.6 Å². The Hall–Kier alpha value is -3.56. The second-order valence-corrected chi connectivity index (χ2v) is 10.4. The van der Waals surface area contributed by atoms with Crippen molar-refractivity contribution in [3.05, 3.63) is 140 Å². The van der Waals surface area contributed by atoms with Crippen molar-refractivity contribution in [3.8, 4) is 5.75 Å². The van der Waals surface area contributed by atoms with E-state index in [1.165, 1.54) is 0 Å². The number of benzene rings is 3. The van der Waals surface area contributed by atoms with Gasteiger partial charge >= 0.3 is 0 Å². The van der Waals surface area contributed by atoms with E-state index in [9.17, 15) is 0 Å². The van der Waals surface area contributed by atoms with Gasteiger partial charge in [0.05, 0.1) is 46.8 Å². The third kappa shape index (κ3) is 9.47. The summed E-state index contributed by atoms with van der Waals surface area (Å²) in [4.78, 5) is 0. The number of ether oxygens (including phenoxy) is 7. The normalized spacial score (nSPS) is 23.1. The highest BCUT2D eigenvalue weighted by atomic mass is 16.6. The number of methoxy groups -OCH3 is 1. The Labute approximate surface area is 261 Å². The van der Waals surface area contributed by atoms with Crippen molar-refractivity contribution in [1.82, 2.24) is 0 Å². The Morgan fingerprint density at radius 3 is 1.09 bits per heavy atom. The molecule has 4 rings (SSSR count). The van der Waals surface area contributed by atoms with Gasteiger partial charge in [0.1, 0.15) is 42.4 Å². The van der Waals surface area contributed by atoms with Crippen LogP contribution in [-0.2, 0) is 48.2 Å². The molecule has 0 bridgehead atoms. The monoisotopic (exact) mass is 600 g/mol. The van der Waals surface area contributed by atoms with Crippen LogP contribution in [0, 0.1) is 0 Å². The summed E-state index contributed by atoms with van der Waals surface area (Å²) in [6.45, 7) is 13.5. The largest absolute Gasteiger partial charge is 0.497 e. The van der Waals surface area contributed by atoms with Gasteiger partial charge < -0.3 is 33.2 Å². The standard InChI is InChI=1S/C37H44O7/c1-5-22-39-32-33(40-23-6-2)35(42-25-28-14-10-8-11-15-28)37(44-27-30-18-20-31(38-4)21-19-30)36(34(32)41-24-7-3)43-26-29-16-12-9-13-17-29/h5-21,32-37H,1-3,22-27H2,4H3/t32?,33-,34+,35-,36-,37?/m1/s1. The molecule has 1 saturated carbocycles. The van der Waals surface area contributed by atoms with Crippen molar-refractivity contribution in [2.24, 2.45) is 0 Å². The minimum Gasteiger partial charge on any atom is -0.497 e. The van der Waals surface area contributed by atoms with Crippen LogP contribution in [-0.4, -0.2) is 63.6 Å². The molecule has 0 saturated heterocycles. The van der Waals surface area contributed by atoms with E-state index in [-0.39, 0.29) is 0 Å². The Balaban J connectivity index is 1.73. The second-order valence-electron chi connectivity index (χ2n) is 10.4. The van der Waals surface area contributed by atoms with Crippen molar-refractivity contribution in [2.75, 3.05) is 26.9 Å². The molecule has 1 aliphatic carbocycles. The highest BCUT2D eigenvalue weighted by Gasteiger charge is 2.54. The van der Waals surface area contributed by atoms with Crippen LogP contribution in [0.15, 0.2) is 123 Å². The molecular formula is C37H44O7. The zero-order chi connectivity index (χ0) is 31.0. The summed E-state index contributed by atoms with van der Waals surface area (Å²) in [5.41, 5.74) is 3.03. The summed E-state index contributed by atoms with van der Waals surface area (Å²) in [6.07, 6.45) is 1.70. The summed E-state index contributed by atoms with van der Waals surface area (Å²) in [5.74, 6) is 0.776. The van der Waals surface area contributed by atoms with Gasteiger partial charge in [-0.15, -0.1) is 19.7 Å². The van der Waals surface area contributed by atoms with Gasteiger partial charge in [-0.1, -0.05) is 91.0 Å². The van der Waals surface area contributed by atoms with Gasteiger partial charge in [0.25, 0.3) is 0 Å². The molecule has 1 fully saturated rings. The molecular weight excluding hydrogens is 556 g/mol. The average molecular weight is 601 g/mol. The van der Waals surface area contributed by atoms with Crippen LogP contribution >= 0.6 is 0 Å². The molecule has 2 unspecified atom stereocenters. The van der Waals surface area contributed by atoms with Gasteiger partial charge in [0.15, 0.2) is 0 Å². The third-order valence-electron chi connectivity index (χ3n) is 7.33. The highest BCUT2D eigenvalue weighted by Crippen LogP contribution is 2.35. The molecule has 3 aromatic carbocycles. The second kappa shape index (κ2) is 18.3. The molecule has 0 amide bonds. The van der Waals surface area contributed by atoms with E-state index >= 15 is 0 Å². The number of hydrogen-bond donors (Lipinski definition) is 0. The van der Waals surface area contributed by atoms with Gasteiger partial charge in [0, 0.05) is 0 Å². The molecule has 0 radical (unpaired) electrons. The van der Waals surface area contributed by atoms with Crippen LogP contribution in [0.5, 0.6) is 5.75 Å². The fourth-order valence-electron chi connectivity index (χ4n) is 5.24. The lowest BCUT2D eigenvalue weighted by Gasteiger charge is -2.49. The van der Waals surface area contributed by atoms with E-state index in [1.54, 1.807) is 25.3 Å². The smallest absolute Gasteiger partial charge is 0.118 e. The van der Waals surface area contributed by atoms with Crippen LogP contribution in [0.25, 0.3) is 0 Å². The van der Waals surface area contributed by atoms with Gasteiger partial charge in [-0.2, -0.15) is 0 Å². The summed E-state index contributed by atoms with van der Waals surface area (Å²) >= 11 is 0. The molecule has 3 aromatic rings. The molecule has 0 spiro atoms.